The van der Waals surface area contributed by atoms with Gasteiger partial charge in [0.2, 0.25) is 5.91 Å². The van der Waals surface area contributed by atoms with Crippen LogP contribution in [-0.2, 0) is 9.53 Å². The van der Waals surface area contributed by atoms with Crippen molar-refractivity contribution in [2.24, 2.45) is 0 Å². The molecule has 2 atom stereocenters. The van der Waals surface area contributed by atoms with E-state index in [9.17, 15) is 4.79 Å². The number of nitrogens with one attached hydrogen (secondary N) is 1. The molecule has 0 radical (unpaired) electrons. The van der Waals surface area contributed by atoms with Crippen molar-refractivity contribution in [2.75, 3.05) is 53.0 Å². The molecule has 144 valence electrons. The Morgan fingerprint density at radius 1 is 1.27 bits per heavy atom. The van der Waals surface area contributed by atoms with Gasteiger partial charge in [0, 0.05) is 44.9 Å². The second-order valence-electron chi connectivity index (χ2n) is 7.24. The summed E-state index contributed by atoms with van der Waals surface area (Å²) in [6.45, 7) is 8.28. The lowest BCUT2D eigenvalue weighted by Crippen LogP contribution is -2.51. The molecule has 2 aliphatic heterocycles. The SMILES string of the molecule is COc1ccccc1C(C)NC(=O)CN1CCN(CC2CCCO2)CC1. The van der Waals surface area contributed by atoms with Gasteiger partial charge in [0.25, 0.3) is 0 Å². The zero-order chi connectivity index (χ0) is 18.4. The molecule has 1 amide bonds. The summed E-state index contributed by atoms with van der Waals surface area (Å²) in [7, 11) is 1.66. The molecule has 0 bridgehead atoms. The number of rotatable bonds is 7. The Labute approximate surface area is 156 Å². The van der Waals surface area contributed by atoms with Gasteiger partial charge in [0.05, 0.1) is 25.8 Å². The van der Waals surface area contributed by atoms with Crippen LogP contribution in [0.4, 0.5) is 0 Å². The van der Waals surface area contributed by atoms with Crippen LogP contribution in [-0.4, -0.2) is 74.8 Å². The van der Waals surface area contributed by atoms with Crippen molar-refractivity contribution in [1.82, 2.24) is 15.1 Å². The van der Waals surface area contributed by atoms with Gasteiger partial charge in [-0.15, -0.1) is 0 Å². The van der Waals surface area contributed by atoms with E-state index in [-0.39, 0.29) is 11.9 Å². The van der Waals surface area contributed by atoms with Crippen molar-refractivity contribution in [2.45, 2.75) is 31.9 Å². The van der Waals surface area contributed by atoms with Crippen LogP contribution in [0.1, 0.15) is 31.4 Å². The highest BCUT2D eigenvalue weighted by Gasteiger charge is 2.24. The molecule has 2 aliphatic rings. The molecule has 1 aromatic carbocycles. The van der Waals surface area contributed by atoms with Crippen molar-refractivity contribution in [3.63, 3.8) is 0 Å². The second-order valence-corrected chi connectivity index (χ2v) is 7.24. The van der Waals surface area contributed by atoms with Crippen LogP contribution in [0.5, 0.6) is 5.75 Å². The van der Waals surface area contributed by atoms with Crippen molar-refractivity contribution >= 4 is 5.91 Å². The van der Waals surface area contributed by atoms with E-state index in [1.165, 1.54) is 12.8 Å². The molecule has 1 aromatic rings. The highest BCUT2D eigenvalue weighted by Crippen LogP contribution is 2.24. The maximum atomic E-state index is 12.4. The van der Waals surface area contributed by atoms with Crippen LogP contribution in [0.15, 0.2) is 24.3 Å². The Hall–Kier alpha value is -1.63. The van der Waals surface area contributed by atoms with Crippen LogP contribution >= 0.6 is 0 Å². The maximum absolute atomic E-state index is 12.4. The third-order valence-electron chi connectivity index (χ3n) is 5.30. The molecule has 0 spiro atoms. The van der Waals surface area contributed by atoms with Crippen molar-refractivity contribution < 1.29 is 14.3 Å². The smallest absolute Gasteiger partial charge is 0.234 e. The third kappa shape index (κ3) is 5.19. The van der Waals surface area contributed by atoms with Gasteiger partial charge in [-0.1, -0.05) is 18.2 Å². The number of piperazine rings is 1. The van der Waals surface area contributed by atoms with Crippen LogP contribution in [0.3, 0.4) is 0 Å². The molecular weight excluding hydrogens is 330 g/mol. The minimum Gasteiger partial charge on any atom is -0.496 e. The van der Waals surface area contributed by atoms with Crippen molar-refractivity contribution in [3.8, 4) is 5.75 Å². The summed E-state index contributed by atoms with van der Waals surface area (Å²) in [5.41, 5.74) is 1.00. The summed E-state index contributed by atoms with van der Waals surface area (Å²) < 4.78 is 11.1. The predicted octanol–water partition coefficient (Wildman–Crippen LogP) is 1.67. The molecule has 0 aromatic heterocycles. The molecule has 2 unspecified atom stereocenters. The monoisotopic (exact) mass is 361 g/mol. The first-order valence-electron chi connectivity index (χ1n) is 9.64. The molecule has 2 heterocycles. The zero-order valence-electron chi connectivity index (χ0n) is 15.9. The maximum Gasteiger partial charge on any atom is 0.234 e. The third-order valence-corrected chi connectivity index (χ3v) is 5.30. The van der Waals surface area contributed by atoms with E-state index >= 15 is 0 Å². The Balaban J connectivity index is 1.41. The van der Waals surface area contributed by atoms with E-state index in [2.05, 4.69) is 15.1 Å². The van der Waals surface area contributed by atoms with Crippen LogP contribution in [0.2, 0.25) is 0 Å². The number of amides is 1. The van der Waals surface area contributed by atoms with E-state index < -0.39 is 0 Å². The van der Waals surface area contributed by atoms with Gasteiger partial charge in [0.15, 0.2) is 0 Å². The Morgan fingerprint density at radius 2 is 2.00 bits per heavy atom. The van der Waals surface area contributed by atoms with E-state index in [1.54, 1.807) is 7.11 Å². The molecule has 6 heteroatoms. The number of para-hydroxylation sites is 1. The summed E-state index contributed by atoms with van der Waals surface area (Å²) in [6.07, 6.45) is 2.78. The molecule has 0 saturated carbocycles. The molecule has 26 heavy (non-hydrogen) atoms. The quantitative estimate of drug-likeness (QED) is 0.801. The van der Waals surface area contributed by atoms with Crippen LogP contribution < -0.4 is 10.1 Å². The van der Waals surface area contributed by atoms with Gasteiger partial charge in [-0.05, 0) is 25.8 Å². The first-order valence-corrected chi connectivity index (χ1v) is 9.64. The minimum absolute atomic E-state index is 0.0657. The molecule has 1 N–H and O–H groups in total. The fraction of sp³-hybridized carbons (Fsp3) is 0.650. The minimum atomic E-state index is -0.0699. The van der Waals surface area contributed by atoms with Crippen LogP contribution in [0.25, 0.3) is 0 Å². The molecular formula is C20H31N3O3. The van der Waals surface area contributed by atoms with E-state index in [1.807, 2.05) is 31.2 Å². The average Bonchev–Trinajstić information content (AvgIpc) is 3.16. The van der Waals surface area contributed by atoms with Crippen molar-refractivity contribution in [3.05, 3.63) is 29.8 Å². The van der Waals surface area contributed by atoms with Crippen molar-refractivity contribution in [1.29, 1.82) is 0 Å². The average molecular weight is 361 g/mol. The first-order chi connectivity index (χ1) is 12.7. The number of hydrogen-bond donors (Lipinski definition) is 1. The van der Waals surface area contributed by atoms with Crippen LogP contribution in [0, 0.1) is 0 Å². The fourth-order valence-corrected chi connectivity index (χ4v) is 3.80. The van der Waals surface area contributed by atoms with Gasteiger partial charge in [-0.25, -0.2) is 0 Å². The highest BCUT2D eigenvalue weighted by atomic mass is 16.5. The number of carbonyl (C=O) groups excluding carboxylic acids is 1. The molecule has 2 saturated heterocycles. The molecule has 0 aliphatic carbocycles. The normalized spacial score (nSPS) is 22.9. The molecule has 2 fully saturated rings. The number of nitrogens with zero attached hydrogens (tertiary/aromatic N) is 2. The van der Waals surface area contributed by atoms with E-state index in [4.69, 9.17) is 9.47 Å². The Kier molecular flexibility index (Phi) is 6.88. The van der Waals surface area contributed by atoms with Gasteiger partial charge in [0.1, 0.15) is 5.75 Å². The van der Waals surface area contributed by atoms with Gasteiger partial charge >= 0.3 is 0 Å². The number of ether oxygens (including phenoxy) is 2. The summed E-state index contributed by atoms with van der Waals surface area (Å²) in [5.74, 6) is 0.874. The lowest BCUT2D eigenvalue weighted by molar-refractivity contribution is -0.123. The highest BCUT2D eigenvalue weighted by molar-refractivity contribution is 5.78. The summed E-state index contributed by atoms with van der Waals surface area (Å²) in [6, 6.07) is 7.75. The predicted molar refractivity (Wildman–Crippen MR) is 101 cm³/mol. The van der Waals surface area contributed by atoms with Gasteiger partial charge in [-0.2, -0.15) is 0 Å². The largest absolute Gasteiger partial charge is 0.496 e. The zero-order valence-corrected chi connectivity index (χ0v) is 15.9. The number of methoxy groups -OCH3 is 1. The lowest BCUT2D eigenvalue weighted by Gasteiger charge is -2.35. The Morgan fingerprint density at radius 3 is 2.69 bits per heavy atom. The summed E-state index contributed by atoms with van der Waals surface area (Å²) in [5, 5.41) is 3.09. The van der Waals surface area contributed by atoms with E-state index in [0.29, 0.717) is 12.6 Å². The topological polar surface area (TPSA) is 54.0 Å². The second kappa shape index (κ2) is 9.35. The number of carbonyl (C=O) groups is 1. The van der Waals surface area contributed by atoms with Gasteiger partial charge < -0.3 is 14.8 Å². The standard InChI is InChI=1S/C20H31N3O3/c1-16(18-7-3-4-8-19(18)25-2)21-20(24)15-23-11-9-22(10-12-23)14-17-6-5-13-26-17/h3-4,7-8,16-17H,5-6,9-15H2,1-2H3,(H,21,24). The fourth-order valence-electron chi connectivity index (χ4n) is 3.80. The molecule has 6 nitrogen and oxygen atoms in total. The molecule has 3 rings (SSSR count). The Bertz CT molecular complexity index is 581. The van der Waals surface area contributed by atoms with Gasteiger partial charge in [-0.3, -0.25) is 14.6 Å². The summed E-state index contributed by atoms with van der Waals surface area (Å²) >= 11 is 0. The van der Waals surface area contributed by atoms with E-state index in [0.717, 1.165) is 50.6 Å². The first kappa shape index (κ1) is 19.1. The number of benzene rings is 1. The number of hydrogen-bond acceptors (Lipinski definition) is 5. The lowest BCUT2D eigenvalue weighted by atomic mass is 10.1. The summed E-state index contributed by atoms with van der Waals surface area (Å²) in [4.78, 5) is 17.1.